The van der Waals surface area contributed by atoms with Gasteiger partial charge in [-0.25, -0.2) is 4.79 Å². The lowest BCUT2D eigenvalue weighted by Crippen LogP contribution is -2.58. The van der Waals surface area contributed by atoms with Crippen molar-refractivity contribution in [3.63, 3.8) is 0 Å². The summed E-state index contributed by atoms with van der Waals surface area (Å²) >= 11 is 0. The van der Waals surface area contributed by atoms with Crippen molar-refractivity contribution in [3.8, 4) is 0 Å². The molecule has 2 aliphatic carbocycles. The second-order valence-electron chi connectivity index (χ2n) is 10.1. The van der Waals surface area contributed by atoms with Crippen LogP contribution in [0, 0.1) is 22.7 Å². The van der Waals surface area contributed by atoms with Crippen molar-refractivity contribution in [1.82, 2.24) is 0 Å². The zero-order chi connectivity index (χ0) is 22.6. The molecule has 0 bridgehead atoms. The van der Waals surface area contributed by atoms with Crippen LogP contribution in [0.5, 0.6) is 0 Å². The molecule has 4 unspecified atom stereocenters. The summed E-state index contributed by atoms with van der Waals surface area (Å²) in [5.74, 6) is 0.0771. The van der Waals surface area contributed by atoms with E-state index in [1.54, 1.807) is 12.1 Å². The molecule has 4 nitrogen and oxygen atoms in total. The molecule has 0 aromatic heterocycles. The van der Waals surface area contributed by atoms with Crippen molar-refractivity contribution in [2.75, 3.05) is 13.2 Å². The summed E-state index contributed by atoms with van der Waals surface area (Å²) < 4.78 is 6.14. The molecule has 0 spiro atoms. The molecule has 0 heterocycles. The van der Waals surface area contributed by atoms with Crippen LogP contribution in [0.15, 0.2) is 54.1 Å². The number of hydrogen-bond donors (Lipinski definition) is 2. The number of hydrogen-bond acceptors (Lipinski definition) is 4. The Kier molecular flexibility index (Phi) is 7.43. The van der Waals surface area contributed by atoms with Gasteiger partial charge in [-0.2, -0.15) is 0 Å². The quantitative estimate of drug-likeness (QED) is 0.458. The molecule has 2 aliphatic rings. The maximum absolute atomic E-state index is 12.9. The smallest absolute Gasteiger partial charge is 0.338 e. The predicted molar refractivity (Wildman–Crippen MR) is 124 cm³/mol. The van der Waals surface area contributed by atoms with Gasteiger partial charge in [0.2, 0.25) is 0 Å². The van der Waals surface area contributed by atoms with Gasteiger partial charge in [-0.15, -0.1) is 0 Å². The highest BCUT2D eigenvalue weighted by Crippen LogP contribution is 2.62. The normalized spacial score (nSPS) is 33.6. The van der Waals surface area contributed by atoms with Gasteiger partial charge in [-0.05, 0) is 61.5 Å². The molecule has 3 rings (SSSR count). The van der Waals surface area contributed by atoms with Crippen molar-refractivity contribution in [2.24, 2.45) is 22.7 Å². The Morgan fingerprint density at radius 1 is 1.23 bits per heavy atom. The number of ether oxygens (including phenoxy) is 1. The number of aliphatic hydroxyl groups is 2. The topological polar surface area (TPSA) is 66.8 Å². The van der Waals surface area contributed by atoms with E-state index in [0.29, 0.717) is 17.9 Å². The Bertz CT molecular complexity index is 814. The van der Waals surface area contributed by atoms with E-state index in [1.807, 2.05) is 24.3 Å². The van der Waals surface area contributed by atoms with Crippen LogP contribution < -0.4 is 0 Å². The Morgan fingerprint density at radius 3 is 2.58 bits per heavy atom. The van der Waals surface area contributed by atoms with E-state index in [0.717, 1.165) is 37.7 Å². The van der Waals surface area contributed by atoms with Crippen molar-refractivity contribution < 1.29 is 19.7 Å². The molecule has 0 aliphatic heterocycles. The van der Waals surface area contributed by atoms with E-state index >= 15 is 0 Å². The van der Waals surface area contributed by atoms with Gasteiger partial charge in [0.15, 0.2) is 0 Å². The highest BCUT2D eigenvalue weighted by atomic mass is 16.5. The predicted octanol–water partition coefficient (Wildman–Crippen LogP) is 5.31. The third-order valence-electron chi connectivity index (χ3n) is 7.94. The van der Waals surface area contributed by atoms with Crippen LogP contribution in [-0.4, -0.2) is 35.5 Å². The molecule has 0 radical (unpaired) electrons. The summed E-state index contributed by atoms with van der Waals surface area (Å²) in [4.78, 5) is 12.9. The van der Waals surface area contributed by atoms with Crippen LogP contribution in [0.4, 0.5) is 0 Å². The minimum absolute atomic E-state index is 0.0669. The van der Waals surface area contributed by atoms with Crippen LogP contribution in [-0.2, 0) is 4.74 Å². The van der Waals surface area contributed by atoms with Crippen molar-refractivity contribution >= 4 is 5.97 Å². The SMILES string of the molecule is C=C1CC(OC(=O)c2ccccc2)C2C(C)(CO)CCC[C@]2(C)C1CC/C(C)=C\CO. The second-order valence-corrected chi connectivity index (χ2v) is 10.1. The number of allylic oxidation sites excluding steroid dienone is 1. The zero-order valence-corrected chi connectivity index (χ0v) is 19.3. The van der Waals surface area contributed by atoms with Gasteiger partial charge < -0.3 is 14.9 Å². The van der Waals surface area contributed by atoms with E-state index in [9.17, 15) is 15.0 Å². The van der Waals surface area contributed by atoms with E-state index in [1.165, 1.54) is 5.57 Å². The maximum atomic E-state index is 12.9. The number of benzene rings is 1. The van der Waals surface area contributed by atoms with E-state index in [2.05, 4.69) is 27.4 Å². The first kappa shape index (κ1) is 23.7. The number of rotatable bonds is 7. The highest BCUT2D eigenvalue weighted by Gasteiger charge is 2.59. The van der Waals surface area contributed by atoms with Crippen LogP contribution in [0.1, 0.15) is 69.7 Å². The van der Waals surface area contributed by atoms with Crippen LogP contribution in [0.2, 0.25) is 0 Å². The standard InChI is InChI=1S/C27H38O4/c1-19(13-16-28)11-12-22-20(2)17-23(31-25(30)21-9-6-5-7-10-21)24-26(3,18-29)14-8-15-27(22,24)4/h5-7,9-10,13,22-24,28-29H,2,8,11-12,14-18H2,1,3-4H3/b19-13-/t22?,23?,24?,26?,27-/m1/s1. The third-order valence-corrected chi connectivity index (χ3v) is 7.94. The number of carbonyl (C=O) groups is 1. The van der Waals surface area contributed by atoms with E-state index < -0.39 is 0 Å². The summed E-state index contributed by atoms with van der Waals surface area (Å²) in [5, 5.41) is 19.6. The molecule has 2 N–H and O–H groups in total. The summed E-state index contributed by atoms with van der Waals surface area (Å²) in [6.45, 7) is 11.1. The fourth-order valence-corrected chi connectivity index (χ4v) is 6.46. The maximum Gasteiger partial charge on any atom is 0.338 e. The van der Waals surface area contributed by atoms with E-state index in [4.69, 9.17) is 4.74 Å². The first-order chi connectivity index (χ1) is 14.7. The fraction of sp³-hybridized carbons (Fsp3) is 0.593. The average molecular weight is 427 g/mol. The van der Waals surface area contributed by atoms with Gasteiger partial charge in [0.1, 0.15) is 6.10 Å². The molecule has 2 saturated carbocycles. The Balaban J connectivity index is 1.91. The van der Waals surface area contributed by atoms with Gasteiger partial charge in [0.05, 0.1) is 12.2 Å². The zero-order valence-electron chi connectivity index (χ0n) is 19.3. The molecule has 4 heteroatoms. The molecule has 31 heavy (non-hydrogen) atoms. The van der Waals surface area contributed by atoms with Crippen molar-refractivity contribution in [2.45, 2.75) is 65.4 Å². The largest absolute Gasteiger partial charge is 0.458 e. The highest BCUT2D eigenvalue weighted by molar-refractivity contribution is 5.89. The molecule has 170 valence electrons. The number of esters is 1. The Morgan fingerprint density at radius 2 is 1.94 bits per heavy atom. The second kappa shape index (κ2) is 9.70. The number of carbonyl (C=O) groups excluding carboxylic acids is 1. The van der Waals surface area contributed by atoms with Crippen LogP contribution in [0.3, 0.4) is 0 Å². The molecule has 0 amide bonds. The first-order valence-electron chi connectivity index (χ1n) is 11.6. The summed E-state index contributed by atoms with van der Waals surface area (Å²) in [6.07, 6.45) is 7.14. The molecular formula is C27H38O4. The third kappa shape index (κ3) is 4.80. The van der Waals surface area contributed by atoms with Crippen molar-refractivity contribution in [1.29, 1.82) is 0 Å². The fourth-order valence-electron chi connectivity index (χ4n) is 6.46. The Hall–Kier alpha value is -1.91. The van der Waals surface area contributed by atoms with Gasteiger partial charge in [-0.1, -0.05) is 62.3 Å². The number of fused-ring (bicyclic) bond motifs is 1. The van der Waals surface area contributed by atoms with Crippen LogP contribution >= 0.6 is 0 Å². The summed E-state index contributed by atoms with van der Waals surface area (Å²) in [6, 6.07) is 9.14. The lowest BCUT2D eigenvalue weighted by atomic mass is 9.46. The molecule has 0 saturated heterocycles. The average Bonchev–Trinajstić information content (AvgIpc) is 2.73. The minimum atomic E-state index is -0.299. The molecule has 1 aromatic carbocycles. The van der Waals surface area contributed by atoms with Gasteiger partial charge >= 0.3 is 5.97 Å². The van der Waals surface area contributed by atoms with Crippen molar-refractivity contribution in [3.05, 3.63) is 59.7 Å². The van der Waals surface area contributed by atoms with Gasteiger partial charge in [-0.3, -0.25) is 0 Å². The number of aliphatic hydroxyl groups excluding tert-OH is 2. The Labute approximate surface area is 187 Å². The molecule has 2 fully saturated rings. The first-order valence-corrected chi connectivity index (χ1v) is 11.6. The van der Waals surface area contributed by atoms with Gasteiger partial charge in [0, 0.05) is 18.9 Å². The summed E-state index contributed by atoms with van der Waals surface area (Å²) in [7, 11) is 0. The molecule has 5 atom stereocenters. The van der Waals surface area contributed by atoms with E-state index in [-0.39, 0.29) is 42.0 Å². The van der Waals surface area contributed by atoms with Gasteiger partial charge in [0.25, 0.3) is 0 Å². The molecule has 1 aromatic rings. The minimum Gasteiger partial charge on any atom is -0.458 e. The molecular weight excluding hydrogens is 388 g/mol. The monoisotopic (exact) mass is 426 g/mol. The summed E-state index contributed by atoms with van der Waals surface area (Å²) in [5.41, 5.74) is 2.51. The lowest BCUT2D eigenvalue weighted by molar-refractivity contribution is -0.145. The van der Waals surface area contributed by atoms with Crippen LogP contribution in [0.25, 0.3) is 0 Å². The lowest BCUT2D eigenvalue weighted by Gasteiger charge is -2.60.